The maximum absolute atomic E-state index is 12.7. The standard InChI is InChI=1S/C18H26N2OS/c1-22-17-11-5-2-8-14(17)18(21)19-15-9-3-4-10-16(15)20-12-6-7-13-20/h2,5,8,11,15-16H,3-4,6-7,9-10,12-13H2,1H3,(H,19,21). The van der Waals surface area contributed by atoms with Crippen LogP contribution in [0.4, 0.5) is 0 Å². The van der Waals surface area contributed by atoms with E-state index < -0.39 is 0 Å². The number of rotatable bonds is 4. The van der Waals surface area contributed by atoms with Crippen LogP contribution in [0.2, 0.25) is 0 Å². The lowest BCUT2D eigenvalue weighted by Gasteiger charge is -2.38. The van der Waals surface area contributed by atoms with Crippen LogP contribution in [0.3, 0.4) is 0 Å². The Bertz CT molecular complexity index is 514. The summed E-state index contributed by atoms with van der Waals surface area (Å²) in [6.45, 7) is 2.41. The molecule has 1 aromatic rings. The summed E-state index contributed by atoms with van der Waals surface area (Å²) in [7, 11) is 0. The Labute approximate surface area is 137 Å². The minimum atomic E-state index is 0.0982. The van der Waals surface area contributed by atoms with Crippen LogP contribution in [-0.2, 0) is 0 Å². The van der Waals surface area contributed by atoms with Gasteiger partial charge >= 0.3 is 0 Å². The first-order valence-electron chi connectivity index (χ1n) is 8.47. The predicted molar refractivity (Wildman–Crippen MR) is 92.5 cm³/mol. The summed E-state index contributed by atoms with van der Waals surface area (Å²) >= 11 is 1.64. The van der Waals surface area contributed by atoms with Crippen molar-refractivity contribution in [2.24, 2.45) is 0 Å². The SMILES string of the molecule is CSc1ccccc1C(=O)NC1CCCCC1N1CCCC1. The molecular formula is C18H26N2OS. The van der Waals surface area contributed by atoms with Gasteiger partial charge in [0.1, 0.15) is 0 Å². The average Bonchev–Trinajstić information content (AvgIpc) is 3.09. The number of hydrogen-bond donors (Lipinski definition) is 1. The zero-order valence-corrected chi connectivity index (χ0v) is 14.2. The van der Waals surface area contributed by atoms with Crippen molar-refractivity contribution < 1.29 is 4.79 Å². The van der Waals surface area contributed by atoms with Crippen LogP contribution in [0.15, 0.2) is 29.2 Å². The molecule has 1 aromatic carbocycles. The topological polar surface area (TPSA) is 32.3 Å². The fraction of sp³-hybridized carbons (Fsp3) is 0.611. The Balaban J connectivity index is 1.70. The molecule has 1 aliphatic carbocycles. The van der Waals surface area contributed by atoms with Crippen LogP contribution in [0.1, 0.15) is 48.9 Å². The van der Waals surface area contributed by atoms with Gasteiger partial charge in [0.15, 0.2) is 0 Å². The van der Waals surface area contributed by atoms with Crippen LogP contribution >= 0.6 is 11.8 Å². The second-order valence-corrected chi connectivity index (χ2v) is 7.22. The highest BCUT2D eigenvalue weighted by Gasteiger charge is 2.32. The maximum atomic E-state index is 12.7. The Morgan fingerprint density at radius 2 is 1.86 bits per heavy atom. The quantitative estimate of drug-likeness (QED) is 0.862. The Hall–Kier alpha value is -1.00. The molecular weight excluding hydrogens is 292 g/mol. The van der Waals surface area contributed by atoms with Gasteiger partial charge in [-0.05, 0) is 57.2 Å². The summed E-state index contributed by atoms with van der Waals surface area (Å²) in [5.41, 5.74) is 0.820. The number of nitrogens with zero attached hydrogens (tertiary/aromatic N) is 1. The van der Waals surface area contributed by atoms with Gasteiger partial charge < -0.3 is 5.32 Å². The lowest BCUT2D eigenvalue weighted by atomic mass is 9.89. The molecule has 22 heavy (non-hydrogen) atoms. The second-order valence-electron chi connectivity index (χ2n) is 6.38. The molecule has 3 nitrogen and oxygen atoms in total. The molecule has 120 valence electrons. The van der Waals surface area contributed by atoms with Crippen molar-refractivity contribution in [3.8, 4) is 0 Å². The van der Waals surface area contributed by atoms with Gasteiger partial charge in [0.2, 0.25) is 0 Å². The Morgan fingerprint density at radius 1 is 1.14 bits per heavy atom. The van der Waals surface area contributed by atoms with Gasteiger partial charge in [0, 0.05) is 17.0 Å². The zero-order chi connectivity index (χ0) is 15.4. The smallest absolute Gasteiger partial charge is 0.252 e. The second kappa shape index (κ2) is 7.51. The number of amides is 1. The van der Waals surface area contributed by atoms with Crippen LogP contribution < -0.4 is 5.32 Å². The molecule has 1 amide bonds. The van der Waals surface area contributed by atoms with Crippen molar-refractivity contribution in [2.45, 2.75) is 55.5 Å². The monoisotopic (exact) mass is 318 g/mol. The minimum Gasteiger partial charge on any atom is -0.348 e. The molecule has 1 aliphatic heterocycles. The third-order valence-corrected chi connectivity index (χ3v) is 5.80. The van der Waals surface area contributed by atoms with Crippen molar-refractivity contribution in [1.82, 2.24) is 10.2 Å². The number of carbonyl (C=O) groups excluding carboxylic acids is 1. The largest absolute Gasteiger partial charge is 0.348 e. The van der Waals surface area contributed by atoms with E-state index in [2.05, 4.69) is 10.2 Å². The highest BCUT2D eigenvalue weighted by Crippen LogP contribution is 2.27. The molecule has 2 fully saturated rings. The highest BCUT2D eigenvalue weighted by atomic mass is 32.2. The first-order chi connectivity index (χ1) is 10.8. The van der Waals surface area contributed by atoms with Crippen LogP contribution in [-0.4, -0.2) is 42.2 Å². The van der Waals surface area contributed by atoms with Gasteiger partial charge in [-0.1, -0.05) is 25.0 Å². The first-order valence-corrected chi connectivity index (χ1v) is 9.70. The van der Waals surface area contributed by atoms with E-state index in [9.17, 15) is 4.79 Å². The van der Waals surface area contributed by atoms with Gasteiger partial charge in [-0.15, -0.1) is 11.8 Å². The summed E-state index contributed by atoms with van der Waals surface area (Å²) in [5.74, 6) is 0.0982. The molecule has 1 saturated heterocycles. The average molecular weight is 318 g/mol. The molecule has 0 radical (unpaired) electrons. The summed E-state index contributed by atoms with van der Waals surface area (Å²) in [5, 5.41) is 3.34. The van der Waals surface area contributed by atoms with Crippen molar-refractivity contribution >= 4 is 17.7 Å². The van der Waals surface area contributed by atoms with Crippen molar-refractivity contribution in [3.63, 3.8) is 0 Å². The van der Waals surface area contributed by atoms with E-state index in [1.165, 1.54) is 45.2 Å². The van der Waals surface area contributed by atoms with E-state index in [4.69, 9.17) is 0 Å². The van der Waals surface area contributed by atoms with Crippen LogP contribution in [0.25, 0.3) is 0 Å². The molecule has 3 rings (SSSR count). The van der Waals surface area contributed by atoms with Crippen LogP contribution in [0, 0.1) is 0 Å². The molecule has 1 N–H and O–H groups in total. The van der Waals surface area contributed by atoms with Gasteiger partial charge in [0.25, 0.3) is 5.91 Å². The lowest BCUT2D eigenvalue weighted by Crippen LogP contribution is -2.52. The third-order valence-electron chi connectivity index (χ3n) is 5.01. The fourth-order valence-corrected chi connectivity index (χ4v) is 4.46. The summed E-state index contributed by atoms with van der Waals surface area (Å²) < 4.78 is 0. The molecule has 0 aromatic heterocycles. The Morgan fingerprint density at radius 3 is 2.64 bits per heavy atom. The third kappa shape index (κ3) is 3.49. The van der Waals surface area contributed by atoms with E-state index in [1.807, 2.05) is 30.5 Å². The van der Waals surface area contributed by atoms with E-state index >= 15 is 0 Å². The highest BCUT2D eigenvalue weighted by molar-refractivity contribution is 7.98. The fourth-order valence-electron chi connectivity index (χ4n) is 3.87. The van der Waals surface area contributed by atoms with Gasteiger partial charge in [-0.25, -0.2) is 0 Å². The number of carbonyl (C=O) groups is 1. The lowest BCUT2D eigenvalue weighted by molar-refractivity contribution is 0.0859. The number of nitrogens with one attached hydrogen (secondary N) is 1. The molecule has 0 bridgehead atoms. The Kier molecular flexibility index (Phi) is 5.42. The van der Waals surface area contributed by atoms with E-state index in [0.29, 0.717) is 12.1 Å². The minimum absolute atomic E-state index is 0.0982. The molecule has 0 spiro atoms. The number of benzene rings is 1. The van der Waals surface area contributed by atoms with Crippen LogP contribution in [0.5, 0.6) is 0 Å². The van der Waals surface area contributed by atoms with E-state index in [1.54, 1.807) is 11.8 Å². The van der Waals surface area contributed by atoms with Crippen molar-refractivity contribution in [2.75, 3.05) is 19.3 Å². The molecule has 4 heteroatoms. The molecule has 2 aliphatic rings. The molecule has 1 saturated carbocycles. The summed E-state index contributed by atoms with van der Waals surface area (Å²) in [6.07, 6.45) is 9.54. The summed E-state index contributed by atoms with van der Waals surface area (Å²) in [6, 6.07) is 8.77. The normalized spacial score (nSPS) is 26.0. The number of thioether (sulfide) groups is 1. The molecule has 2 unspecified atom stereocenters. The summed E-state index contributed by atoms with van der Waals surface area (Å²) in [4.78, 5) is 16.4. The number of likely N-dealkylation sites (tertiary alicyclic amines) is 1. The number of hydrogen-bond acceptors (Lipinski definition) is 3. The first kappa shape index (κ1) is 15.9. The molecule has 2 atom stereocenters. The van der Waals surface area contributed by atoms with Gasteiger partial charge in [-0.3, -0.25) is 9.69 Å². The maximum Gasteiger partial charge on any atom is 0.252 e. The zero-order valence-electron chi connectivity index (χ0n) is 13.4. The van der Waals surface area contributed by atoms with E-state index in [0.717, 1.165) is 16.9 Å². The van der Waals surface area contributed by atoms with Gasteiger partial charge in [-0.2, -0.15) is 0 Å². The van der Waals surface area contributed by atoms with Crippen molar-refractivity contribution in [1.29, 1.82) is 0 Å². The van der Waals surface area contributed by atoms with E-state index in [-0.39, 0.29) is 5.91 Å². The van der Waals surface area contributed by atoms with Crippen molar-refractivity contribution in [3.05, 3.63) is 29.8 Å². The predicted octanol–water partition coefficient (Wildman–Crippen LogP) is 3.55. The molecule has 1 heterocycles. The van der Waals surface area contributed by atoms with Gasteiger partial charge in [0.05, 0.1) is 5.56 Å².